The Hall–Kier alpha value is -0.220. The zero-order valence-corrected chi connectivity index (χ0v) is 10.6. The molecule has 2 rings (SSSR count). The first kappa shape index (κ1) is 12.2. The minimum atomic E-state index is -0.0150. The lowest BCUT2D eigenvalue weighted by atomic mass is 9.98. The molecule has 0 unspecified atom stereocenters. The Bertz CT molecular complexity index is 201. The maximum absolute atomic E-state index is 11.7. The van der Waals surface area contributed by atoms with Crippen LogP contribution in [0.3, 0.4) is 0 Å². The van der Waals surface area contributed by atoms with E-state index in [1.807, 2.05) is 11.8 Å². The molecule has 0 atom stereocenters. The van der Waals surface area contributed by atoms with Gasteiger partial charge in [0.05, 0.1) is 6.54 Å². The highest BCUT2D eigenvalue weighted by Crippen LogP contribution is 2.20. The largest absolute Gasteiger partial charge is 0.461 e. The number of carbonyl (C=O) groups excluding carboxylic acids is 1. The van der Waals surface area contributed by atoms with Crippen LogP contribution in [-0.4, -0.2) is 48.1 Å². The average molecular weight is 243 g/mol. The van der Waals surface area contributed by atoms with Gasteiger partial charge < -0.3 is 4.74 Å². The highest BCUT2D eigenvalue weighted by Gasteiger charge is 2.20. The zero-order chi connectivity index (χ0) is 11.2. The van der Waals surface area contributed by atoms with E-state index >= 15 is 0 Å². The van der Waals surface area contributed by atoms with Crippen LogP contribution in [0.1, 0.15) is 32.1 Å². The van der Waals surface area contributed by atoms with Gasteiger partial charge in [-0.1, -0.05) is 6.42 Å². The van der Waals surface area contributed by atoms with Gasteiger partial charge in [-0.15, -0.1) is 0 Å². The molecule has 0 aromatic rings. The van der Waals surface area contributed by atoms with Crippen LogP contribution in [0.4, 0.5) is 0 Å². The van der Waals surface area contributed by atoms with Gasteiger partial charge in [0.1, 0.15) is 6.10 Å². The first-order chi connectivity index (χ1) is 7.84. The lowest BCUT2D eigenvalue weighted by molar-refractivity contribution is -0.151. The van der Waals surface area contributed by atoms with Gasteiger partial charge in [-0.05, 0) is 25.7 Å². The van der Waals surface area contributed by atoms with Crippen LogP contribution in [0.25, 0.3) is 0 Å². The summed E-state index contributed by atoms with van der Waals surface area (Å²) in [6.07, 6.45) is 6.09. The Labute approximate surface area is 102 Å². The molecule has 0 amide bonds. The van der Waals surface area contributed by atoms with Crippen LogP contribution in [0.15, 0.2) is 0 Å². The van der Waals surface area contributed by atoms with Gasteiger partial charge in [-0.3, -0.25) is 9.69 Å². The van der Waals surface area contributed by atoms with Crippen LogP contribution in [0.2, 0.25) is 0 Å². The smallest absolute Gasteiger partial charge is 0.320 e. The molecule has 92 valence electrons. The fraction of sp³-hybridized carbons (Fsp3) is 0.917. The lowest BCUT2D eigenvalue weighted by Crippen LogP contribution is -2.38. The summed E-state index contributed by atoms with van der Waals surface area (Å²) in [7, 11) is 0. The van der Waals surface area contributed by atoms with E-state index in [0.29, 0.717) is 6.54 Å². The maximum atomic E-state index is 11.7. The summed E-state index contributed by atoms with van der Waals surface area (Å²) in [5, 5.41) is 0. The van der Waals surface area contributed by atoms with Crippen molar-refractivity contribution in [2.24, 2.45) is 0 Å². The Morgan fingerprint density at radius 3 is 2.56 bits per heavy atom. The van der Waals surface area contributed by atoms with E-state index in [-0.39, 0.29) is 12.1 Å². The van der Waals surface area contributed by atoms with Crippen LogP contribution < -0.4 is 0 Å². The number of thioether (sulfide) groups is 1. The summed E-state index contributed by atoms with van der Waals surface area (Å²) in [5.74, 6) is 2.28. The Kier molecular flexibility index (Phi) is 4.97. The molecule has 1 saturated carbocycles. The minimum Gasteiger partial charge on any atom is -0.461 e. The van der Waals surface area contributed by atoms with Gasteiger partial charge >= 0.3 is 5.97 Å². The van der Waals surface area contributed by atoms with Crippen molar-refractivity contribution in [3.05, 3.63) is 0 Å². The molecular formula is C12H21NO2S. The first-order valence-electron chi connectivity index (χ1n) is 6.34. The van der Waals surface area contributed by atoms with E-state index < -0.39 is 0 Å². The fourth-order valence-corrected chi connectivity index (χ4v) is 3.33. The number of nitrogens with zero attached hydrogens (tertiary/aromatic N) is 1. The van der Waals surface area contributed by atoms with E-state index in [0.717, 1.165) is 37.4 Å². The van der Waals surface area contributed by atoms with Crippen molar-refractivity contribution in [2.75, 3.05) is 31.1 Å². The molecule has 0 aromatic heterocycles. The standard InChI is InChI=1S/C12H21NO2S/c14-12(10-13-6-8-16-9-7-13)15-11-4-2-1-3-5-11/h11H,1-10H2. The second-order valence-corrected chi connectivity index (χ2v) is 5.86. The van der Waals surface area contributed by atoms with Crippen LogP contribution in [0, 0.1) is 0 Å². The summed E-state index contributed by atoms with van der Waals surface area (Å²) in [6.45, 7) is 2.56. The molecule has 1 saturated heterocycles. The van der Waals surface area contributed by atoms with Gasteiger partial charge in [0.25, 0.3) is 0 Å². The zero-order valence-electron chi connectivity index (χ0n) is 9.82. The Morgan fingerprint density at radius 1 is 1.19 bits per heavy atom. The van der Waals surface area contributed by atoms with E-state index in [1.165, 1.54) is 19.3 Å². The SMILES string of the molecule is O=C(CN1CCSCC1)OC1CCCCC1. The predicted molar refractivity (Wildman–Crippen MR) is 66.7 cm³/mol. The quantitative estimate of drug-likeness (QED) is 0.708. The van der Waals surface area contributed by atoms with Crippen LogP contribution in [0.5, 0.6) is 0 Å². The minimum absolute atomic E-state index is 0.0150. The molecule has 0 spiro atoms. The lowest BCUT2D eigenvalue weighted by Gasteiger charge is -2.27. The molecular weight excluding hydrogens is 222 g/mol. The number of rotatable bonds is 3. The van der Waals surface area contributed by atoms with Crippen molar-refractivity contribution in [3.8, 4) is 0 Å². The van der Waals surface area contributed by atoms with Gasteiger partial charge in [0.2, 0.25) is 0 Å². The topological polar surface area (TPSA) is 29.5 Å². The molecule has 16 heavy (non-hydrogen) atoms. The number of carbonyl (C=O) groups is 1. The third kappa shape index (κ3) is 3.98. The van der Waals surface area contributed by atoms with Crippen molar-refractivity contribution in [3.63, 3.8) is 0 Å². The van der Waals surface area contributed by atoms with E-state index in [4.69, 9.17) is 4.74 Å². The second kappa shape index (κ2) is 6.50. The van der Waals surface area contributed by atoms with Crippen molar-refractivity contribution in [1.29, 1.82) is 0 Å². The monoisotopic (exact) mass is 243 g/mol. The summed E-state index contributed by atoms with van der Waals surface area (Å²) in [5.41, 5.74) is 0. The van der Waals surface area contributed by atoms with Gasteiger partial charge in [0.15, 0.2) is 0 Å². The summed E-state index contributed by atoms with van der Waals surface area (Å²) in [6, 6.07) is 0. The van der Waals surface area contributed by atoms with E-state index in [1.54, 1.807) is 0 Å². The first-order valence-corrected chi connectivity index (χ1v) is 7.49. The number of hydrogen-bond donors (Lipinski definition) is 0. The van der Waals surface area contributed by atoms with Crippen LogP contribution in [-0.2, 0) is 9.53 Å². The van der Waals surface area contributed by atoms with Gasteiger partial charge in [-0.2, -0.15) is 11.8 Å². The Balaban J connectivity index is 1.66. The number of hydrogen-bond acceptors (Lipinski definition) is 4. The highest BCUT2D eigenvalue weighted by molar-refractivity contribution is 7.99. The summed E-state index contributed by atoms with van der Waals surface area (Å²) >= 11 is 1.97. The molecule has 4 heteroatoms. The average Bonchev–Trinajstić information content (AvgIpc) is 2.31. The highest BCUT2D eigenvalue weighted by atomic mass is 32.2. The van der Waals surface area contributed by atoms with Crippen molar-refractivity contribution < 1.29 is 9.53 Å². The molecule has 3 nitrogen and oxygen atoms in total. The molecule has 2 fully saturated rings. The summed E-state index contributed by atoms with van der Waals surface area (Å²) in [4.78, 5) is 13.9. The fourth-order valence-electron chi connectivity index (χ4n) is 2.35. The van der Waals surface area contributed by atoms with E-state index in [9.17, 15) is 4.79 Å². The molecule has 1 heterocycles. The molecule has 1 aliphatic heterocycles. The van der Waals surface area contributed by atoms with Gasteiger partial charge in [0, 0.05) is 24.6 Å². The third-order valence-electron chi connectivity index (χ3n) is 3.31. The molecule has 0 aromatic carbocycles. The second-order valence-electron chi connectivity index (χ2n) is 4.64. The molecule has 0 bridgehead atoms. The molecule has 2 aliphatic rings. The summed E-state index contributed by atoms with van der Waals surface area (Å²) < 4.78 is 5.51. The molecule has 1 aliphatic carbocycles. The normalized spacial score (nSPS) is 24.2. The number of esters is 1. The maximum Gasteiger partial charge on any atom is 0.320 e. The van der Waals surface area contributed by atoms with Crippen molar-refractivity contribution in [2.45, 2.75) is 38.2 Å². The molecule has 0 radical (unpaired) electrons. The van der Waals surface area contributed by atoms with Crippen molar-refractivity contribution >= 4 is 17.7 Å². The Morgan fingerprint density at radius 2 is 1.88 bits per heavy atom. The third-order valence-corrected chi connectivity index (χ3v) is 4.25. The molecule has 0 N–H and O–H groups in total. The van der Waals surface area contributed by atoms with Crippen molar-refractivity contribution in [1.82, 2.24) is 4.90 Å². The van der Waals surface area contributed by atoms with E-state index in [2.05, 4.69) is 4.90 Å². The number of ether oxygens (including phenoxy) is 1. The van der Waals surface area contributed by atoms with Crippen LogP contribution >= 0.6 is 11.8 Å². The van der Waals surface area contributed by atoms with Gasteiger partial charge in [-0.25, -0.2) is 0 Å². The predicted octanol–water partition coefficient (Wildman–Crippen LogP) is 1.91.